The van der Waals surface area contributed by atoms with Crippen molar-refractivity contribution in [3.8, 4) is 0 Å². The molecule has 3 unspecified atom stereocenters. The second-order valence-corrected chi connectivity index (χ2v) is 28.8. The molecule has 2 N–H and O–H groups in total. The molecule has 0 fully saturated rings. The topological polar surface area (TPSA) is 108 Å². The summed E-state index contributed by atoms with van der Waals surface area (Å²) in [6, 6.07) is -0.904. The molecule has 504 valence electrons. The molecule has 0 saturated carbocycles. The van der Waals surface area contributed by atoms with Crippen LogP contribution in [0.3, 0.4) is 0 Å². The van der Waals surface area contributed by atoms with E-state index in [1.54, 1.807) is 6.08 Å². The van der Waals surface area contributed by atoms with Crippen LogP contribution < -0.4 is 10.2 Å². The van der Waals surface area contributed by atoms with E-state index in [2.05, 4.69) is 43.5 Å². The lowest BCUT2D eigenvalue weighted by Crippen LogP contribution is -2.45. The molecule has 85 heavy (non-hydrogen) atoms. The maximum Gasteiger partial charge on any atom is 0.268 e. The summed E-state index contributed by atoms with van der Waals surface area (Å²) in [6.07, 6.45) is 90.2. The van der Waals surface area contributed by atoms with E-state index in [9.17, 15) is 19.4 Å². The zero-order chi connectivity index (χ0) is 61.9. The average molecular weight is 1220 g/mol. The van der Waals surface area contributed by atoms with Crippen LogP contribution in [-0.4, -0.2) is 68.5 Å². The van der Waals surface area contributed by atoms with Gasteiger partial charge in [0.05, 0.1) is 39.9 Å². The molecule has 0 heterocycles. The number of phosphoric ester groups is 1. The fourth-order valence-corrected chi connectivity index (χ4v) is 12.4. The van der Waals surface area contributed by atoms with E-state index in [1.807, 2.05) is 27.2 Å². The van der Waals surface area contributed by atoms with E-state index >= 15 is 0 Å². The van der Waals surface area contributed by atoms with Crippen molar-refractivity contribution in [2.24, 2.45) is 0 Å². The van der Waals surface area contributed by atoms with Gasteiger partial charge in [-0.25, -0.2) is 0 Å². The minimum Gasteiger partial charge on any atom is -0.756 e. The van der Waals surface area contributed by atoms with E-state index in [0.717, 1.165) is 38.5 Å². The first-order valence-corrected chi connectivity index (χ1v) is 39.3. The molecule has 3 atom stereocenters. The Balaban J connectivity index is 4.02. The van der Waals surface area contributed by atoms with Crippen molar-refractivity contribution < 1.29 is 32.9 Å². The van der Waals surface area contributed by atoms with Crippen LogP contribution in [0.1, 0.15) is 393 Å². The van der Waals surface area contributed by atoms with Crippen molar-refractivity contribution in [3.63, 3.8) is 0 Å². The van der Waals surface area contributed by atoms with Gasteiger partial charge in [-0.1, -0.05) is 365 Å². The van der Waals surface area contributed by atoms with Crippen LogP contribution in [0, 0.1) is 0 Å². The molecule has 0 rings (SSSR count). The largest absolute Gasteiger partial charge is 0.756 e. The highest BCUT2D eigenvalue weighted by Gasteiger charge is 2.23. The molecule has 0 saturated heterocycles. The molecule has 0 aromatic carbocycles. The SMILES string of the molecule is CCCCCCCCCC/C=C\CCCCCCCCCCCCCCCCCCCCCCCC(=O)NC(COP(=O)([O-])OCC[N+](C)(C)C)C(O)/C=C/CC/C=C/CCCCCCCCCCCCCCCCCCCCCCCCCC. The Morgan fingerprint density at radius 2 is 0.659 bits per heavy atom. The minimum atomic E-state index is -4.61. The number of aliphatic hydroxyl groups excluding tert-OH is 1. The summed E-state index contributed by atoms with van der Waals surface area (Å²) in [4.78, 5) is 25.7. The molecule has 0 bridgehead atoms. The lowest BCUT2D eigenvalue weighted by molar-refractivity contribution is -0.870. The van der Waals surface area contributed by atoms with Crippen LogP contribution in [0.5, 0.6) is 0 Å². The van der Waals surface area contributed by atoms with Gasteiger partial charge in [0, 0.05) is 6.42 Å². The Bertz CT molecular complexity index is 1480. The number of carbonyl (C=O) groups excluding carboxylic acids is 1. The van der Waals surface area contributed by atoms with Crippen LogP contribution in [-0.2, 0) is 18.4 Å². The number of hydrogen-bond acceptors (Lipinski definition) is 6. The lowest BCUT2D eigenvalue weighted by atomic mass is 10.0. The Morgan fingerprint density at radius 3 is 0.953 bits per heavy atom. The summed E-state index contributed by atoms with van der Waals surface area (Å²) in [6.45, 7) is 4.69. The zero-order valence-corrected chi connectivity index (χ0v) is 58.7. The second kappa shape index (κ2) is 67.1. The number of likely N-dealkylation sites (N-methyl/N-ethyl adjacent to an activating group) is 1. The van der Waals surface area contributed by atoms with Gasteiger partial charge >= 0.3 is 0 Å². The number of unbranched alkanes of at least 4 members (excludes halogenated alkanes) is 54. The predicted octanol–water partition coefficient (Wildman–Crippen LogP) is 23.8. The third-order valence-electron chi connectivity index (χ3n) is 17.6. The van der Waals surface area contributed by atoms with Gasteiger partial charge in [0.1, 0.15) is 13.2 Å². The predicted molar refractivity (Wildman–Crippen MR) is 372 cm³/mol. The number of hydrogen-bond donors (Lipinski definition) is 2. The third-order valence-corrected chi connectivity index (χ3v) is 18.5. The lowest BCUT2D eigenvalue weighted by Gasteiger charge is -2.29. The molecule has 8 nitrogen and oxygen atoms in total. The van der Waals surface area contributed by atoms with Crippen LogP contribution in [0.4, 0.5) is 0 Å². The second-order valence-electron chi connectivity index (χ2n) is 27.4. The van der Waals surface area contributed by atoms with Crippen molar-refractivity contribution in [1.82, 2.24) is 5.32 Å². The summed E-state index contributed by atoms with van der Waals surface area (Å²) in [5.74, 6) is -0.199. The van der Waals surface area contributed by atoms with Crippen LogP contribution >= 0.6 is 7.82 Å². The summed E-state index contributed by atoms with van der Waals surface area (Å²) in [5.41, 5.74) is 0. The van der Waals surface area contributed by atoms with Gasteiger partial charge in [0.15, 0.2) is 0 Å². The van der Waals surface area contributed by atoms with E-state index in [-0.39, 0.29) is 19.1 Å². The van der Waals surface area contributed by atoms with Gasteiger partial charge in [-0.05, 0) is 57.8 Å². The van der Waals surface area contributed by atoms with Crippen molar-refractivity contribution in [1.29, 1.82) is 0 Å². The third kappa shape index (κ3) is 70.0. The molecule has 0 aliphatic rings. The van der Waals surface area contributed by atoms with Gasteiger partial charge in [-0.2, -0.15) is 0 Å². The van der Waals surface area contributed by atoms with Gasteiger partial charge in [0.25, 0.3) is 7.82 Å². The Labute approximate surface area is 531 Å². The van der Waals surface area contributed by atoms with Crippen LogP contribution in [0.25, 0.3) is 0 Å². The highest BCUT2D eigenvalue weighted by atomic mass is 31.2. The average Bonchev–Trinajstić information content (AvgIpc) is 3.49. The number of aliphatic hydroxyl groups is 1. The van der Waals surface area contributed by atoms with Crippen molar-refractivity contribution in [2.45, 2.75) is 405 Å². The Hall–Kier alpha value is -1.28. The van der Waals surface area contributed by atoms with E-state index in [4.69, 9.17) is 9.05 Å². The number of nitrogens with zero attached hydrogens (tertiary/aromatic N) is 1. The normalized spacial score (nSPS) is 13.7. The fraction of sp³-hybridized carbons (Fsp3) is 0.908. The Kier molecular flexibility index (Phi) is 66.1. The van der Waals surface area contributed by atoms with Crippen LogP contribution in [0.2, 0.25) is 0 Å². The zero-order valence-electron chi connectivity index (χ0n) is 57.8. The fourth-order valence-electron chi connectivity index (χ4n) is 11.7. The molecule has 9 heteroatoms. The van der Waals surface area contributed by atoms with Crippen molar-refractivity contribution >= 4 is 13.7 Å². The first kappa shape index (κ1) is 83.7. The molecule has 0 aliphatic carbocycles. The molecule has 0 radical (unpaired) electrons. The monoisotopic (exact) mass is 1220 g/mol. The standard InChI is InChI=1S/C76H149N2O6P/c1-6-8-10-12-14-16-18-20-22-24-26-28-30-32-34-36-38-39-40-42-44-46-48-50-52-54-56-58-60-62-64-66-68-70-76(80)77-74(73-84-85(81,82)83-72-71-78(3,4)5)75(79)69-67-65-63-61-59-57-55-53-51-49-47-45-43-41-37-35-33-31-29-27-25-23-21-19-17-15-13-11-9-7-2/h24,26,59,61,67,69,74-75,79H,6-23,25,27-58,60,62-66,68,70-73H2,1-5H3,(H-,77,80,81,82)/b26-24-,61-59+,69-67+. The minimum absolute atomic E-state index is 0.00425. The number of rotatable bonds is 71. The summed E-state index contributed by atoms with van der Waals surface area (Å²) < 4.78 is 23.5. The van der Waals surface area contributed by atoms with Crippen LogP contribution in [0.15, 0.2) is 36.5 Å². The van der Waals surface area contributed by atoms with E-state index < -0.39 is 20.0 Å². The first-order valence-electron chi connectivity index (χ1n) is 37.9. The van der Waals surface area contributed by atoms with E-state index in [0.29, 0.717) is 17.4 Å². The molecular weight excluding hydrogens is 1070 g/mol. The smallest absolute Gasteiger partial charge is 0.268 e. The molecule has 0 spiro atoms. The maximum atomic E-state index is 13.1. The molecule has 0 aromatic heterocycles. The summed E-state index contributed by atoms with van der Waals surface area (Å²) in [5, 5.41) is 14.0. The number of quaternary nitrogens is 1. The summed E-state index contributed by atoms with van der Waals surface area (Å²) >= 11 is 0. The highest BCUT2D eigenvalue weighted by Crippen LogP contribution is 2.38. The maximum absolute atomic E-state index is 13.1. The number of nitrogens with one attached hydrogen (secondary N) is 1. The van der Waals surface area contributed by atoms with Gasteiger partial charge in [-0.3, -0.25) is 9.36 Å². The number of allylic oxidation sites excluding steroid dienone is 5. The molecule has 0 aliphatic heterocycles. The Morgan fingerprint density at radius 1 is 0.400 bits per heavy atom. The first-order chi connectivity index (χ1) is 41.5. The number of phosphoric acid groups is 1. The van der Waals surface area contributed by atoms with Gasteiger partial charge in [0.2, 0.25) is 5.91 Å². The molecule has 1 amide bonds. The van der Waals surface area contributed by atoms with E-state index in [1.165, 1.54) is 334 Å². The highest BCUT2D eigenvalue weighted by molar-refractivity contribution is 7.45. The van der Waals surface area contributed by atoms with Gasteiger partial charge < -0.3 is 28.8 Å². The number of carbonyl (C=O) groups is 1. The number of amides is 1. The van der Waals surface area contributed by atoms with Gasteiger partial charge in [-0.15, -0.1) is 0 Å². The van der Waals surface area contributed by atoms with Crippen molar-refractivity contribution in [2.75, 3.05) is 40.9 Å². The summed E-state index contributed by atoms with van der Waals surface area (Å²) in [7, 11) is 1.26. The van der Waals surface area contributed by atoms with Crippen molar-refractivity contribution in [3.05, 3.63) is 36.5 Å². The quantitative estimate of drug-likeness (QED) is 0.0272. The molecular formula is C76H149N2O6P. The molecule has 0 aromatic rings.